The van der Waals surface area contributed by atoms with Crippen molar-refractivity contribution < 1.29 is 12.3 Å². The van der Waals surface area contributed by atoms with Crippen molar-refractivity contribution in [1.29, 1.82) is 0 Å². The van der Waals surface area contributed by atoms with E-state index in [4.69, 9.17) is 12.3 Å². The molecule has 0 radical (unpaired) electrons. The van der Waals surface area contributed by atoms with E-state index in [-0.39, 0.29) is 0 Å². The molecule has 190 valence electrons. The molecule has 0 aromatic heterocycles. The van der Waals surface area contributed by atoms with E-state index in [0.717, 1.165) is 0 Å². The predicted octanol–water partition coefficient (Wildman–Crippen LogP) is 6.25. The van der Waals surface area contributed by atoms with E-state index >= 15 is 0 Å². The van der Waals surface area contributed by atoms with Gasteiger partial charge in [0.15, 0.2) is 0 Å². The Morgan fingerprint density at radius 3 is 1.40 bits per heavy atom. The third-order valence-corrected chi connectivity index (χ3v) is 14.3. The fourth-order valence-electron chi connectivity index (χ4n) is 6.49. The van der Waals surface area contributed by atoms with Gasteiger partial charge in [-0.25, -0.2) is 0 Å². The van der Waals surface area contributed by atoms with E-state index in [1.807, 2.05) is 0 Å². The molecule has 3 nitrogen and oxygen atoms in total. The smallest absolute Gasteiger partial charge is 0.338 e. The summed E-state index contributed by atoms with van der Waals surface area (Å²) in [6, 6.07) is 43.1. The molecule has 0 spiro atoms. The lowest BCUT2D eigenvalue weighted by molar-refractivity contribution is 0.334. The quantitative estimate of drug-likeness (QED) is 0.134. The third-order valence-electron chi connectivity index (χ3n) is 8.46. The minimum Gasteiger partial charge on any atom is -0.425 e. The molecule has 0 saturated carbocycles. The van der Waals surface area contributed by atoms with Crippen LogP contribution in [0.3, 0.4) is 0 Å². The molecular formula is C34H24O3Si3. The molecular weight excluding hydrogens is 541 g/mol. The summed E-state index contributed by atoms with van der Waals surface area (Å²) >= 11 is 0. The Morgan fingerprint density at radius 2 is 0.800 bits per heavy atom. The first-order valence-corrected chi connectivity index (χ1v) is 17.5. The van der Waals surface area contributed by atoms with Crippen LogP contribution in [0.2, 0.25) is 0 Å². The molecule has 1 fully saturated rings. The maximum atomic E-state index is 6.08. The molecule has 1 aliphatic heterocycles. The normalized spacial score (nSPS) is 17.4. The van der Waals surface area contributed by atoms with E-state index < -0.39 is 29.3 Å². The highest BCUT2D eigenvalue weighted by Crippen LogP contribution is 2.35. The second-order valence-corrected chi connectivity index (χ2v) is 16.9. The van der Waals surface area contributed by atoms with Gasteiger partial charge in [0.25, 0.3) is 20.0 Å². The van der Waals surface area contributed by atoms with Gasteiger partial charge in [-0.15, -0.1) is 0 Å². The molecule has 1 heterocycles. The summed E-state index contributed by atoms with van der Waals surface area (Å²) in [6.07, 6.45) is 0. The van der Waals surface area contributed by atoms with Gasteiger partial charge in [-0.3, -0.25) is 0 Å². The van der Waals surface area contributed by atoms with Crippen molar-refractivity contribution in [3.8, 4) is 0 Å². The van der Waals surface area contributed by atoms with Crippen LogP contribution in [0.5, 0.6) is 0 Å². The van der Waals surface area contributed by atoms with Crippen LogP contribution >= 0.6 is 0 Å². The van der Waals surface area contributed by atoms with Crippen molar-refractivity contribution in [2.75, 3.05) is 0 Å². The molecule has 0 aliphatic carbocycles. The molecule has 0 N–H and O–H groups in total. The van der Waals surface area contributed by atoms with Crippen LogP contribution in [0.15, 0.2) is 115 Å². The molecule has 1 saturated heterocycles. The molecule has 0 amide bonds. The van der Waals surface area contributed by atoms with Gasteiger partial charge in [0, 0.05) is 0 Å². The van der Waals surface area contributed by atoms with E-state index in [9.17, 15) is 0 Å². The van der Waals surface area contributed by atoms with Crippen molar-refractivity contribution in [3.63, 3.8) is 0 Å². The fourth-order valence-corrected chi connectivity index (χ4v) is 13.7. The van der Waals surface area contributed by atoms with Crippen molar-refractivity contribution in [1.82, 2.24) is 0 Å². The zero-order valence-electron chi connectivity index (χ0n) is 21.7. The monoisotopic (exact) mass is 564 g/mol. The van der Waals surface area contributed by atoms with Crippen molar-refractivity contribution in [3.05, 3.63) is 115 Å². The summed E-state index contributed by atoms with van der Waals surface area (Å²) in [5.74, 6) is 0. The maximum absolute atomic E-state index is 6.08. The number of hydrogen-bond donors (Lipinski definition) is 0. The Hall–Kier alpha value is -3.89. The molecule has 40 heavy (non-hydrogen) atoms. The van der Waals surface area contributed by atoms with Gasteiger partial charge in [0.05, 0.1) is 0 Å². The lowest BCUT2D eigenvalue weighted by atomic mass is 9.93. The summed E-state index contributed by atoms with van der Waals surface area (Å²) in [7, 11) is -3.64. The van der Waals surface area contributed by atoms with Gasteiger partial charge < -0.3 is 12.3 Å². The molecule has 8 aromatic rings. The van der Waals surface area contributed by atoms with Gasteiger partial charge in [-0.1, -0.05) is 54.6 Å². The highest BCUT2D eigenvalue weighted by Gasteiger charge is 2.22. The molecule has 9 rings (SSSR count). The summed E-state index contributed by atoms with van der Waals surface area (Å²) in [5.41, 5.74) is 0. The maximum Gasteiger partial charge on any atom is 0.338 e. The zero-order chi connectivity index (χ0) is 26.2. The van der Waals surface area contributed by atoms with Crippen molar-refractivity contribution in [2.24, 2.45) is 0 Å². The molecule has 6 heteroatoms. The number of fused-ring (bicyclic) bond motifs is 8. The first-order chi connectivity index (χ1) is 19.8. The average molecular weight is 565 g/mol. The Kier molecular flexibility index (Phi) is 5.04. The van der Waals surface area contributed by atoms with Gasteiger partial charge >= 0.3 is 9.28 Å². The minimum absolute atomic E-state index is 0.885. The molecule has 1 aliphatic rings. The SMILES string of the molecule is c1ccc2cc3cc4cc5c(ccc6cc7cc8cccc([SiH]9O[SiH2]O[SiH2]O9)c8cc7cc65)cc4cc3cc2c1. The van der Waals surface area contributed by atoms with Crippen LogP contribution in [0.4, 0.5) is 0 Å². The molecule has 0 atom stereocenters. The second-order valence-electron chi connectivity index (χ2n) is 10.8. The average Bonchev–Trinajstić information content (AvgIpc) is 3.00. The Labute approximate surface area is 236 Å². The summed E-state index contributed by atoms with van der Waals surface area (Å²) in [5, 5.41) is 19.0. The van der Waals surface area contributed by atoms with Crippen molar-refractivity contribution in [2.45, 2.75) is 0 Å². The second kappa shape index (κ2) is 8.81. The highest BCUT2D eigenvalue weighted by molar-refractivity contribution is 6.73. The standard InChI is InChI=1S/C34H24O3Si3/c1-2-5-21-11-26-16-29-17-31-24(14-28(29)15-25(26)10-20(21)4-1)9-8-23-13-27-12-22-6-3-7-34(40-36-38-35-39-37-40)33(22)19-30(27)18-32(23)31/h1-19,40H,38-39H2. The van der Waals surface area contributed by atoms with Crippen molar-refractivity contribution >= 4 is 110 Å². The van der Waals surface area contributed by atoms with E-state index in [1.165, 1.54) is 80.6 Å². The van der Waals surface area contributed by atoms with Crippen LogP contribution in [0, 0.1) is 0 Å². The highest BCUT2D eigenvalue weighted by atomic mass is 28.4. The van der Waals surface area contributed by atoms with E-state index in [2.05, 4.69) is 115 Å². The van der Waals surface area contributed by atoms with E-state index in [1.54, 1.807) is 0 Å². The Balaban J connectivity index is 1.28. The zero-order valence-corrected chi connectivity index (χ0v) is 25.7. The number of rotatable bonds is 1. The van der Waals surface area contributed by atoms with Gasteiger partial charge in [-0.05, 0) is 141 Å². The summed E-state index contributed by atoms with van der Waals surface area (Å²) in [4.78, 5) is 0. The van der Waals surface area contributed by atoms with Gasteiger partial charge in [0.1, 0.15) is 0 Å². The topological polar surface area (TPSA) is 27.7 Å². The first kappa shape index (κ1) is 22.9. The van der Waals surface area contributed by atoms with Gasteiger partial charge in [-0.2, -0.15) is 0 Å². The van der Waals surface area contributed by atoms with Crippen LogP contribution in [0.25, 0.3) is 75.4 Å². The van der Waals surface area contributed by atoms with Crippen LogP contribution < -0.4 is 5.19 Å². The molecule has 8 aromatic carbocycles. The Morgan fingerprint density at radius 1 is 0.375 bits per heavy atom. The number of hydrogen-bond acceptors (Lipinski definition) is 3. The third kappa shape index (κ3) is 3.59. The lowest BCUT2D eigenvalue weighted by Gasteiger charge is -2.23. The Bertz CT molecular complexity index is 2330. The summed E-state index contributed by atoms with van der Waals surface area (Å²) in [6.45, 7) is 0. The largest absolute Gasteiger partial charge is 0.425 e. The number of benzene rings is 8. The van der Waals surface area contributed by atoms with E-state index in [0.29, 0.717) is 0 Å². The lowest BCUT2D eigenvalue weighted by Crippen LogP contribution is -2.44. The van der Waals surface area contributed by atoms with Crippen LogP contribution in [0.1, 0.15) is 0 Å². The molecule has 0 unspecified atom stereocenters. The van der Waals surface area contributed by atoms with Gasteiger partial charge in [0.2, 0.25) is 0 Å². The fraction of sp³-hybridized carbons (Fsp3) is 0. The predicted molar refractivity (Wildman–Crippen MR) is 176 cm³/mol. The first-order valence-electron chi connectivity index (χ1n) is 13.7. The summed E-state index contributed by atoms with van der Waals surface area (Å²) < 4.78 is 17.7. The van der Waals surface area contributed by atoms with Crippen LogP contribution in [-0.2, 0) is 12.3 Å². The minimum atomic E-state index is -1.87. The van der Waals surface area contributed by atoms with Crippen LogP contribution in [-0.4, -0.2) is 29.3 Å². The molecule has 0 bridgehead atoms.